The topological polar surface area (TPSA) is 12.5 Å². The second kappa shape index (κ2) is 4.79. The number of benzene rings is 1. The van der Waals surface area contributed by atoms with Crippen LogP contribution in [0, 0.1) is 5.41 Å². The van der Waals surface area contributed by atoms with E-state index in [1.54, 1.807) is 0 Å². The van der Waals surface area contributed by atoms with Crippen LogP contribution in [-0.2, 0) is 11.3 Å². The first-order valence-electron chi connectivity index (χ1n) is 6.70. The number of rotatable bonds is 4. The second-order valence-electron chi connectivity index (χ2n) is 5.57. The molecule has 17 heavy (non-hydrogen) atoms. The minimum Gasteiger partial charge on any atom is -0.376 e. The average Bonchev–Trinajstić information content (AvgIpc) is 2.42. The maximum Gasteiger partial charge on any atom is 0.0717 e. The molecule has 0 aromatic heterocycles. The largest absolute Gasteiger partial charge is 0.376 e. The highest BCUT2D eigenvalue weighted by Gasteiger charge is 2.39. The zero-order chi connectivity index (χ0) is 11.6. The monoisotopic (exact) mass is 231 g/mol. The van der Waals surface area contributed by atoms with Gasteiger partial charge in [0.15, 0.2) is 0 Å². The van der Waals surface area contributed by atoms with E-state index < -0.39 is 0 Å². The molecular formula is C15H21NO. The summed E-state index contributed by atoms with van der Waals surface area (Å²) >= 11 is 0. The Kier molecular flexibility index (Phi) is 3.17. The molecule has 0 atom stereocenters. The summed E-state index contributed by atoms with van der Waals surface area (Å²) in [5.41, 5.74) is 1.79. The molecule has 0 saturated carbocycles. The van der Waals surface area contributed by atoms with Crippen LogP contribution in [0.15, 0.2) is 30.3 Å². The van der Waals surface area contributed by atoms with Crippen LogP contribution in [-0.4, -0.2) is 31.1 Å². The first-order chi connectivity index (χ1) is 8.36. The van der Waals surface area contributed by atoms with E-state index in [0.717, 1.165) is 13.2 Å². The molecule has 1 aromatic rings. The maximum atomic E-state index is 5.96. The Bertz CT molecular complexity index is 341. The highest BCUT2D eigenvalue weighted by atomic mass is 16.5. The van der Waals surface area contributed by atoms with Crippen LogP contribution in [0.5, 0.6) is 0 Å². The predicted octanol–water partition coefficient (Wildman–Crippen LogP) is 2.69. The predicted molar refractivity (Wildman–Crippen MR) is 68.8 cm³/mol. The number of piperidine rings is 3. The summed E-state index contributed by atoms with van der Waals surface area (Å²) in [6, 6.07) is 10.5. The summed E-state index contributed by atoms with van der Waals surface area (Å²) in [5, 5.41) is 0. The lowest BCUT2D eigenvalue weighted by molar-refractivity contribution is -0.0481. The zero-order valence-corrected chi connectivity index (χ0v) is 10.4. The Morgan fingerprint density at radius 3 is 2.29 bits per heavy atom. The Balaban J connectivity index is 1.51. The summed E-state index contributed by atoms with van der Waals surface area (Å²) in [5.74, 6) is 0. The zero-order valence-electron chi connectivity index (χ0n) is 10.4. The van der Waals surface area contributed by atoms with Crippen LogP contribution in [0.4, 0.5) is 0 Å². The molecule has 2 nitrogen and oxygen atoms in total. The molecule has 0 N–H and O–H groups in total. The Morgan fingerprint density at radius 2 is 1.65 bits per heavy atom. The van der Waals surface area contributed by atoms with Crippen molar-refractivity contribution in [2.24, 2.45) is 5.41 Å². The van der Waals surface area contributed by atoms with Gasteiger partial charge in [0.25, 0.3) is 0 Å². The molecule has 3 saturated heterocycles. The molecule has 0 spiro atoms. The molecule has 0 amide bonds. The van der Waals surface area contributed by atoms with Crippen molar-refractivity contribution in [3.8, 4) is 0 Å². The lowest BCUT2D eigenvalue weighted by Gasteiger charge is -2.48. The van der Waals surface area contributed by atoms with Crippen LogP contribution >= 0.6 is 0 Å². The number of hydrogen-bond donors (Lipinski definition) is 0. The second-order valence-corrected chi connectivity index (χ2v) is 5.57. The quantitative estimate of drug-likeness (QED) is 0.790. The molecular weight excluding hydrogens is 210 g/mol. The van der Waals surface area contributed by atoms with Crippen molar-refractivity contribution in [1.29, 1.82) is 0 Å². The molecule has 0 radical (unpaired) electrons. The summed E-state index contributed by atoms with van der Waals surface area (Å²) in [4.78, 5) is 2.58. The van der Waals surface area contributed by atoms with Gasteiger partial charge < -0.3 is 9.64 Å². The maximum absolute atomic E-state index is 5.96. The fourth-order valence-electron chi connectivity index (χ4n) is 3.07. The van der Waals surface area contributed by atoms with Crippen molar-refractivity contribution in [3.05, 3.63) is 35.9 Å². The molecule has 3 fully saturated rings. The van der Waals surface area contributed by atoms with E-state index in [1.807, 2.05) is 0 Å². The molecule has 0 unspecified atom stereocenters. The highest BCUT2D eigenvalue weighted by Crippen LogP contribution is 2.40. The standard InChI is InChI=1S/C15H21NO/c1-2-4-14(5-3-1)12-17-13-15-6-9-16(10-7-15)11-8-15/h1-5H,6-13H2. The van der Waals surface area contributed by atoms with E-state index >= 15 is 0 Å². The molecule has 1 aromatic carbocycles. The third-order valence-electron chi connectivity index (χ3n) is 4.39. The van der Waals surface area contributed by atoms with Crippen LogP contribution in [0.2, 0.25) is 0 Å². The van der Waals surface area contributed by atoms with Crippen molar-refractivity contribution in [2.45, 2.75) is 25.9 Å². The first kappa shape index (κ1) is 11.2. The minimum absolute atomic E-state index is 0.504. The normalized spacial score (nSPS) is 31.6. The number of fused-ring (bicyclic) bond motifs is 3. The van der Waals surface area contributed by atoms with Crippen molar-refractivity contribution < 1.29 is 4.74 Å². The summed E-state index contributed by atoms with van der Waals surface area (Å²) in [7, 11) is 0. The van der Waals surface area contributed by atoms with Gasteiger partial charge in [0.1, 0.15) is 0 Å². The summed E-state index contributed by atoms with van der Waals surface area (Å²) in [6.07, 6.45) is 4.01. The van der Waals surface area contributed by atoms with E-state index in [9.17, 15) is 0 Å². The molecule has 92 valence electrons. The lowest BCUT2D eigenvalue weighted by atomic mass is 9.73. The third-order valence-corrected chi connectivity index (χ3v) is 4.39. The highest BCUT2D eigenvalue weighted by molar-refractivity contribution is 5.13. The number of ether oxygens (including phenoxy) is 1. The number of nitrogens with zero attached hydrogens (tertiary/aromatic N) is 1. The minimum atomic E-state index is 0.504. The van der Waals surface area contributed by atoms with Gasteiger partial charge in [0.05, 0.1) is 13.2 Å². The van der Waals surface area contributed by atoms with Gasteiger partial charge in [-0.05, 0) is 49.9 Å². The van der Waals surface area contributed by atoms with Crippen LogP contribution in [0.25, 0.3) is 0 Å². The Labute approximate surface area is 104 Å². The van der Waals surface area contributed by atoms with Gasteiger partial charge in [-0.2, -0.15) is 0 Å². The third kappa shape index (κ3) is 2.53. The van der Waals surface area contributed by atoms with Gasteiger partial charge in [-0.15, -0.1) is 0 Å². The summed E-state index contributed by atoms with van der Waals surface area (Å²) < 4.78 is 5.96. The Morgan fingerprint density at radius 1 is 1.00 bits per heavy atom. The fraction of sp³-hybridized carbons (Fsp3) is 0.600. The van der Waals surface area contributed by atoms with Crippen LogP contribution in [0.3, 0.4) is 0 Å². The van der Waals surface area contributed by atoms with Crippen LogP contribution in [0.1, 0.15) is 24.8 Å². The van der Waals surface area contributed by atoms with E-state index in [1.165, 1.54) is 44.5 Å². The van der Waals surface area contributed by atoms with E-state index in [2.05, 4.69) is 35.2 Å². The van der Waals surface area contributed by atoms with E-state index in [-0.39, 0.29) is 0 Å². The molecule has 3 aliphatic heterocycles. The van der Waals surface area contributed by atoms with Gasteiger partial charge in [0, 0.05) is 0 Å². The molecule has 3 heterocycles. The molecule has 3 aliphatic rings. The van der Waals surface area contributed by atoms with Crippen molar-refractivity contribution >= 4 is 0 Å². The smallest absolute Gasteiger partial charge is 0.0717 e. The average molecular weight is 231 g/mol. The van der Waals surface area contributed by atoms with E-state index in [4.69, 9.17) is 4.74 Å². The first-order valence-corrected chi connectivity index (χ1v) is 6.70. The molecule has 0 aliphatic carbocycles. The summed E-state index contributed by atoms with van der Waals surface area (Å²) in [6.45, 7) is 5.58. The molecule has 2 bridgehead atoms. The van der Waals surface area contributed by atoms with Gasteiger partial charge in [-0.3, -0.25) is 0 Å². The fourth-order valence-corrected chi connectivity index (χ4v) is 3.07. The number of hydrogen-bond acceptors (Lipinski definition) is 2. The van der Waals surface area contributed by atoms with Crippen molar-refractivity contribution in [3.63, 3.8) is 0 Å². The van der Waals surface area contributed by atoms with Gasteiger partial charge in [-0.25, -0.2) is 0 Å². The van der Waals surface area contributed by atoms with Gasteiger partial charge in [0.2, 0.25) is 0 Å². The SMILES string of the molecule is c1ccc(COCC23CCN(CC2)CC3)cc1. The van der Waals surface area contributed by atoms with Crippen LogP contribution < -0.4 is 0 Å². The van der Waals surface area contributed by atoms with E-state index in [0.29, 0.717) is 5.41 Å². The lowest BCUT2D eigenvalue weighted by Crippen LogP contribution is -2.50. The van der Waals surface area contributed by atoms with Crippen molar-refractivity contribution in [2.75, 3.05) is 26.2 Å². The van der Waals surface area contributed by atoms with Crippen molar-refractivity contribution in [1.82, 2.24) is 4.90 Å². The van der Waals surface area contributed by atoms with Gasteiger partial charge >= 0.3 is 0 Å². The molecule has 2 heteroatoms. The van der Waals surface area contributed by atoms with Gasteiger partial charge in [-0.1, -0.05) is 30.3 Å². The Hall–Kier alpha value is -0.860. The molecule has 4 rings (SSSR count).